The van der Waals surface area contributed by atoms with E-state index in [-0.39, 0.29) is 5.57 Å². The minimum absolute atomic E-state index is 0.257. The molecule has 1 N–H and O–H groups in total. The molecular weight excluding hydrogens is 180 g/mol. The average Bonchev–Trinajstić information content (AvgIpc) is 2.23. The number of aliphatic hydroxyl groups is 1. The smallest absolute Gasteiger partial charge is 0.153 e. The molecule has 0 bridgehead atoms. The van der Waals surface area contributed by atoms with Gasteiger partial charge in [-0.25, -0.2) is 0 Å². The van der Waals surface area contributed by atoms with E-state index in [2.05, 4.69) is 0 Å². The molecule has 0 saturated carbocycles. The van der Waals surface area contributed by atoms with Crippen molar-refractivity contribution in [1.29, 1.82) is 0 Å². The zero-order valence-corrected chi connectivity index (χ0v) is 7.93. The van der Waals surface area contributed by atoms with Gasteiger partial charge in [-0.3, -0.25) is 4.79 Å². The molecule has 0 atom stereocenters. The highest BCUT2D eigenvalue weighted by Crippen LogP contribution is 2.16. The van der Waals surface area contributed by atoms with Gasteiger partial charge in [-0.2, -0.15) is 0 Å². The zero-order valence-electron chi connectivity index (χ0n) is 7.93. The van der Waals surface area contributed by atoms with Crippen LogP contribution in [0.1, 0.15) is 12.5 Å². The van der Waals surface area contributed by atoms with E-state index < -0.39 is 0 Å². The molecular formula is C11H12O3. The van der Waals surface area contributed by atoms with Gasteiger partial charge < -0.3 is 9.84 Å². The number of hydrogen-bond donors (Lipinski definition) is 1. The van der Waals surface area contributed by atoms with Gasteiger partial charge in [-0.15, -0.1) is 0 Å². The third-order valence-corrected chi connectivity index (χ3v) is 1.76. The maximum Gasteiger partial charge on any atom is 0.153 e. The van der Waals surface area contributed by atoms with Crippen LogP contribution in [0.5, 0.6) is 5.75 Å². The van der Waals surface area contributed by atoms with Crippen LogP contribution in [-0.2, 0) is 4.79 Å². The summed E-state index contributed by atoms with van der Waals surface area (Å²) in [6, 6.07) is 6.96. The predicted molar refractivity (Wildman–Crippen MR) is 54.3 cm³/mol. The van der Waals surface area contributed by atoms with Gasteiger partial charge in [0.2, 0.25) is 0 Å². The molecule has 1 aromatic rings. The summed E-state index contributed by atoms with van der Waals surface area (Å²) in [5.41, 5.74) is 0.930. The Morgan fingerprint density at radius 1 is 1.43 bits per heavy atom. The maximum absolute atomic E-state index is 10.5. The average molecular weight is 192 g/mol. The van der Waals surface area contributed by atoms with E-state index in [0.29, 0.717) is 18.5 Å². The van der Waals surface area contributed by atoms with Crippen molar-refractivity contribution >= 4 is 11.9 Å². The van der Waals surface area contributed by atoms with Gasteiger partial charge >= 0.3 is 0 Å². The molecule has 0 radical (unpaired) electrons. The van der Waals surface area contributed by atoms with Crippen molar-refractivity contribution < 1.29 is 14.6 Å². The number of benzene rings is 1. The van der Waals surface area contributed by atoms with Gasteiger partial charge in [0.25, 0.3) is 0 Å². The van der Waals surface area contributed by atoms with E-state index >= 15 is 0 Å². The zero-order chi connectivity index (χ0) is 10.4. The third kappa shape index (κ3) is 2.36. The summed E-state index contributed by atoms with van der Waals surface area (Å²) in [7, 11) is 0. The van der Waals surface area contributed by atoms with Crippen molar-refractivity contribution in [1.82, 2.24) is 0 Å². The minimum Gasteiger partial charge on any atom is -0.515 e. The summed E-state index contributed by atoms with van der Waals surface area (Å²) < 4.78 is 5.24. The Bertz CT molecular complexity index is 325. The van der Waals surface area contributed by atoms with E-state index in [1.807, 2.05) is 6.92 Å². The van der Waals surface area contributed by atoms with E-state index in [1.165, 1.54) is 0 Å². The topological polar surface area (TPSA) is 46.5 Å². The number of allylic oxidation sites excluding steroid dienone is 1. The third-order valence-electron chi connectivity index (χ3n) is 1.76. The molecule has 74 valence electrons. The number of carbonyl (C=O) groups is 1. The molecule has 0 spiro atoms. The van der Waals surface area contributed by atoms with Crippen LogP contribution in [0.2, 0.25) is 0 Å². The van der Waals surface area contributed by atoms with Crippen molar-refractivity contribution in [2.75, 3.05) is 6.61 Å². The lowest BCUT2D eigenvalue weighted by atomic mass is 10.1. The van der Waals surface area contributed by atoms with Crippen molar-refractivity contribution in [3.8, 4) is 5.75 Å². The molecule has 1 aromatic carbocycles. The van der Waals surface area contributed by atoms with E-state index in [0.717, 1.165) is 12.0 Å². The van der Waals surface area contributed by atoms with Crippen LogP contribution >= 0.6 is 0 Å². The number of hydrogen-bond acceptors (Lipinski definition) is 3. The van der Waals surface area contributed by atoms with Gasteiger partial charge in [-0.05, 0) is 24.6 Å². The maximum atomic E-state index is 10.5. The fraction of sp³-hybridized carbons (Fsp3) is 0.182. The fourth-order valence-electron chi connectivity index (χ4n) is 1.08. The lowest BCUT2D eigenvalue weighted by Gasteiger charge is -2.03. The molecule has 0 saturated heterocycles. The highest BCUT2D eigenvalue weighted by molar-refractivity contribution is 6.06. The fourth-order valence-corrected chi connectivity index (χ4v) is 1.08. The molecule has 3 nitrogen and oxygen atoms in total. The molecule has 14 heavy (non-hydrogen) atoms. The molecule has 1 rings (SSSR count). The summed E-state index contributed by atoms with van der Waals surface area (Å²) in [6.45, 7) is 2.51. The first-order valence-electron chi connectivity index (χ1n) is 4.34. The Morgan fingerprint density at radius 2 is 2.07 bits per heavy atom. The second-order valence-electron chi connectivity index (χ2n) is 2.66. The first kappa shape index (κ1) is 10.3. The number of ether oxygens (including phenoxy) is 1. The molecule has 0 heterocycles. The molecule has 0 amide bonds. The van der Waals surface area contributed by atoms with Crippen LogP contribution in [0.4, 0.5) is 0 Å². The number of carbonyl (C=O) groups excluding carboxylic acids is 1. The van der Waals surface area contributed by atoms with Gasteiger partial charge in [0.1, 0.15) is 5.75 Å². The largest absolute Gasteiger partial charge is 0.515 e. The van der Waals surface area contributed by atoms with E-state index in [9.17, 15) is 4.79 Å². The van der Waals surface area contributed by atoms with Crippen molar-refractivity contribution in [2.45, 2.75) is 6.92 Å². The van der Waals surface area contributed by atoms with Gasteiger partial charge in [0, 0.05) is 0 Å². The Morgan fingerprint density at radius 3 is 2.50 bits per heavy atom. The van der Waals surface area contributed by atoms with Crippen LogP contribution in [0.25, 0.3) is 5.57 Å². The summed E-state index contributed by atoms with van der Waals surface area (Å²) >= 11 is 0. The first-order chi connectivity index (χ1) is 6.81. The van der Waals surface area contributed by atoms with Crippen molar-refractivity contribution in [3.05, 3.63) is 36.1 Å². The second kappa shape index (κ2) is 5.07. The molecule has 0 fully saturated rings. The van der Waals surface area contributed by atoms with Crippen LogP contribution in [-0.4, -0.2) is 18.0 Å². The number of aliphatic hydroxyl groups excluding tert-OH is 1. The summed E-state index contributed by atoms with van der Waals surface area (Å²) in [6.07, 6.45) is 1.40. The molecule has 0 aliphatic carbocycles. The standard InChI is InChI=1S/C11H12O3/c1-2-14-11-5-3-9(4-6-11)10(7-12)8-13/h3-8,12H,2H2,1H3. The molecule has 0 aliphatic heterocycles. The molecule has 3 heteroatoms. The Balaban J connectivity index is 2.87. The van der Waals surface area contributed by atoms with Crippen LogP contribution in [0.15, 0.2) is 30.5 Å². The van der Waals surface area contributed by atoms with Crippen LogP contribution < -0.4 is 4.74 Å². The lowest BCUT2D eigenvalue weighted by molar-refractivity contribution is -0.103. The normalized spacial score (nSPS) is 11.1. The Kier molecular flexibility index (Phi) is 3.73. The summed E-state index contributed by atoms with van der Waals surface area (Å²) in [4.78, 5) is 10.5. The van der Waals surface area contributed by atoms with E-state index in [1.54, 1.807) is 24.3 Å². The lowest BCUT2D eigenvalue weighted by Crippen LogP contribution is -1.92. The SMILES string of the molecule is CCOc1ccc(C(C=O)=CO)cc1. The first-order valence-corrected chi connectivity index (χ1v) is 4.34. The molecule has 0 unspecified atom stereocenters. The van der Waals surface area contributed by atoms with Gasteiger partial charge in [-0.1, -0.05) is 12.1 Å². The quantitative estimate of drug-likeness (QED) is 0.452. The second-order valence-corrected chi connectivity index (χ2v) is 2.66. The van der Waals surface area contributed by atoms with Crippen molar-refractivity contribution in [3.63, 3.8) is 0 Å². The molecule has 0 aliphatic rings. The monoisotopic (exact) mass is 192 g/mol. The van der Waals surface area contributed by atoms with Crippen LogP contribution in [0.3, 0.4) is 0 Å². The predicted octanol–water partition coefficient (Wildman–Crippen LogP) is 2.18. The number of rotatable bonds is 4. The van der Waals surface area contributed by atoms with E-state index in [4.69, 9.17) is 9.84 Å². The van der Waals surface area contributed by atoms with Crippen LogP contribution in [0, 0.1) is 0 Å². The highest BCUT2D eigenvalue weighted by atomic mass is 16.5. The van der Waals surface area contributed by atoms with Gasteiger partial charge in [0.15, 0.2) is 6.29 Å². The Hall–Kier alpha value is -1.77. The highest BCUT2D eigenvalue weighted by Gasteiger charge is 2.00. The Labute approximate surface area is 82.6 Å². The molecule has 0 aromatic heterocycles. The number of aldehydes is 1. The minimum atomic E-state index is 0.257. The summed E-state index contributed by atoms with van der Waals surface area (Å²) in [5, 5.41) is 8.73. The van der Waals surface area contributed by atoms with Crippen molar-refractivity contribution in [2.24, 2.45) is 0 Å². The van der Waals surface area contributed by atoms with Gasteiger partial charge in [0.05, 0.1) is 18.4 Å². The summed E-state index contributed by atoms with van der Waals surface area (Å²) in [5.74, 6) is 0.749.